The van der Waals surface area contributed by atoms with E-state index in [9.17, 15) is 18.4 Å². The molecule has 0 fully saturated rings. The zero-order chi connectivity index (χ0) is 24.7. The molecule has 8 heteroatoms. The van der Waals surface area contributed by atoms with Crippen molar-refractivity contribution < 1.29 is 13.6 Å². The van der Waals surface area contributed by atoms with Crippen LogP contribution in [0.1, 0.15) is 29.7 Å². The molecule has 5 rings (SSSR count). The lowest BCUT2D eigenvalue weighted by molar-refractivity contribution is -0.120. The van der Waals surface area contributed by atoms with Gasteiger partial charge in [-0.05, 0) is 67.9 Å². The Morgan fingerprint density at radius 1 is 0.829 bits per heavy atom. The molecule has 2 atom stereocenters. The molecular formula is C27H22F2N4O2. The second-order valence-corrected chi connectivity index (χ2v) is 8.50. The number of aromatic nitrogens is 2. The van der Waals surface area contributed by atoms with Crippen LogP contribution in [0.4, 0.5) is 14.5 Å². The van der Waals surface area contributed by atoms with Crippen LogP contribution in [-0.4, -0.2) is 21.4 Å². The van der Waals surface area contributed by atoms with Gasteiger partial charge in [-0.2, -0.15) is 5.10 Å². The van der Waals surface area contributed by atoms with Crippen molar-refractivity contribution in [2.24, 2.45) is 11.0 Å². The first kappa shape index (κ1) is 22.5. The van der Waals surface area contributed by atoms with Gasteiger partial charge in [-0.25, -0.2) is 18.5 Å². The lowest BCUT2D eigenvalue weighted by Crippen LogP contribution is -2.34. The fraction of sp³-hybridized carbons (Fsp3) is 0.148. The number of hydrogen-bond acceptors (Lipinski definition) is 3. The zero-order valence-electron chi connectivity index (χ0n) is 19.1. The van der Waals surface area contributed by atoms with Gasteiger partial charge >= 0.3 is 0 Å². The van der Waals surface area contributed by atoms with Crippen molar-refractivity contribution in [2.75, 3.05) is 5.01 Å². The van der Waals surface area contributed by atoms with E-state index in [0.29, 0.717) is 28.3 Å². The van der Waals surface area contributed by atoms with Gasteiger partial charge in [0.25, 0.3) is 11.5 Å². The quantitative estimate of drug-likeness (QED) is 0.448. The first-order valence-electron chi connectivity index (χ1n) is 11.1. The van der Waals surface area contributed by atoms with E-state index in [1.54, 1.807) is 13.8 Å². The van der Waals surface area contributed by atoms with Crippen LogP contribution in [0.25, 0.3) is 5.69 Å². The molecule has 1 amide bonds. The Kier molecular flexibility index (Phi) is 5.64. The second kappa shape index (κ2) is 8.79. The Bertz CT molecular complexity index is 1470. The molecule has 1 aliphatic heterocycles. The minimum Gasteiger partial charge on any atom is -0.295 e. The minimum atomic E-state index is -0.744. The highest BCUT2D eigenvalue weighted by Gasteiger charge is 2.43. The van der Waals surface area contributed by atoms with E-state index in [2.05, 4.69) is 10.2 Å². The van der Waals surface area contributed by atoms with Crippen molar-refractivity contribution in [2.45, 2.75) is 19.8 Å². The van der Waals surface area contributed by atoms with Crippen LogP contribution in [0.2, 0.25) is 0 Å². The van der Waals surface area contributed by atoms with Gasteiger partial charge in [-0.15, -0.1) is 0 Å². The standard InChI is InChI=1S/C27H22F2N4O2/c1-16-23(26(34)32(30-16)21-12-8-19(28)9-13-21)25(18-6-4-3-5-7-18)24-17(2)31-33(27(24)35)22-14-10-20(29)11-15-22/h3-15,23,25,31H,1-2H3/t23-,25-/m0/s1. The number of nitrogens with one attached hydrogen (secondary N) is 1. The van der Waals surface area contributed by atoms with Gasteiger partial charge in [0.15, 0.2) is 0 Å². The summed E-state index contributed by atoms with van der Waals surface area (Å²) in [6.45, 7) is 3.53. The summed E-state index contributed by atoms with van der Waals surface area (Å²) in [4.78, 5) is 27.4. The number of H-pyrrole nitrogens is 1. The molecule has 2 heterocycles. The Labute approximate surface area is 200 Å². The number of benzene rings is 3. The molecule has 35 heavy (non-hydrogen) atoms. The molecule has 1 aliphatic rings. The van der Waals surface area contributed by atoms with Gasteiger partial charge in [0.05, 0.1) is 17.3 Å². The van der Waals surface area contributed by atoms with Crippen molar-refractivity contribution in [3.05, 3.63) is 118 Å². The lowest BCUT2D eigenvalue weighted by Gasteiger charge is -2.23. The van der Waals surface area contributed by atoms with Crippen molar-refractivity contribution in [1.29, 1.82) is 0 Å². The van der Waals surface area contributed by atoms with E-state index < -0.39 is 23.5 Å². The Hall–Kier alpha value is -4.33. The molecule has 0 spiro atoms. The number of aromatic amines is 1. The van der Waals surface area contributed by atoms with Crippen LogP contribution in [0.3, 0.4) is 0 Å². The van der Waals surface area contributed by atoms with Gasteiger partial charge in [0.2, 0.25) is 0 Å². The molecule has 4 aromatic rings. The number of rotatable bonds is 5. The third-order valence-corrected chi connectivity index (χ3v) is 6.26. The Morgan fingerprint density at radius 3 is 2.00 bits per heavy atom. The number of nitrogens with zero attached hydrogens (tertiary/aromatic N) is 3. The Balaban J connectivity index is 1.63. The van der Waals surface area contributed by atoms with E-state index in [1.165, 1.54) is 58.2 Å². The fourth-order valence-corrected chi connectivity index (χ4v) is 4.61. The third kappa shape index (κ3) is 3.97. The first-order chi connectivity index (χ1) is 16.8. The average molecular weight is 472 g/mol. The van der Waals surface area contributed by atoms with E-state index in [1.807, 2.05) is 30.3 Å². The van der Waals surface area contributed by atoms with Gasteiger partial charge in [-0.3, -0.25) is 14.7 Å². The highest BCUT2D eigenvalue weighted by molar-refractivity contribution is 6.15. The maximum absolute atomic E-state index is 13.7. The normalized spacial score (nSPS) is 16.5. The average Bonchev–Trinajstić information content (AvgIpc) is 3.31. The van der Waals surface area contributed by atoms with E-state index >= 15 is 0 Å². The summed E-state index contributed by atoms with van der Waals surface area (Å²) >= 11 is 0. The summed E-state index contributed by atoms with van der Waals surface area (Å²) in [5.74, 6) is -2.49. The highest BCUT2D eigenvalue weighted by atomic mass is 19.1. The van der Waals surface area contributed by atoms with Crippen LogP contribution >= 0.6 is 0 Å². The van der Waals surface area contributed by atoms with E-state index in [4.69, 9.17) is 0 Å². The van der Waals surface area contributed by atoms with E-state index in [-0.39, 0.29) is 11.5 Å². The van der Waals surface area contributed by atoms with Gasteiger partial charge in [-0.1, -0.05) is 30.3 Å². The topological polar surface area (TPSA) is 70.5 Å². The van der Waals surface area contributed by atoms with Crippen molar-refractivity contribution in [3.63, 3.8) is 0 Å². The molecule has 0 unspecified atom stereocenters. The van der Waals surface area contributed by atoms with Gasteiger partial charge in [0.1, 0.15) is 11.6 Å². The third-order valence-electron chi connectivity index (χ3n) is 6.26. The molecule has 0 saturated heterocycles. The predicted molar refractivity (Wildman–Crippen MR) is 130 cm³/mol. The number of amides is 1. The van der Waals surface area contributed by atoms with Crippen molar-refractivity contribution in [3.8, 4) is 5.69 Å². The number of aryl methyl sites for hydroxylation is 1. The minimum absolute atomic E-state index is 0.309. The maximum atomic E-state index is 13.7. The summed E-state index contributed by atoms with van der Waals surface area (Å²) in [6, 6.07) is 20.4. The van der Waals surface area contributed by atoms with Crippen LogP contribution < -0.4 is 10.6 Å². The van der Waals surface area contributed by atoms with E-state index in [0.717, 1.165) is 5.56 Å². The molecule has 3 aromatic carbocycles. The van der Waals surface area contributed by atoms with Crippen LogP contribution in [0.15, 0.2) is 88.8 Å². The van der Waals surface area contributed by atoms with Gasteiger partial charge < -0.3 is 0 Å². The molecule has 1 aromatic heterocycles. The van der Waals surface area contributed by atoms with Crippen molar-refractivity contribution in [1.82, 2.24) is 9.78 Å². The van der Waals surface area contributed by atoms with Crippen LogP contribution in [0, 0.1) is 24.5 Å². The van der Waals surface area contributed by atoms with Crippen molar-refractivity contribution >= 4 is 17.3 Å². The highest BCUT2D eigenvalue weighted by Crippen LogP contribution is 2.38. The number of anilines is 1. The molecule has 0 aliphatic carbocycles. The summed E-state index contributed by atoms with van der Waals surface area (Å²) in [6.07, 6.45) is 0. The maximum Gasteiger partial charge on any atom is 0.275 e. The molecule has 0 saturated carbocycles. The molecular weight excluding hydrogens is 450 g/mol. The summed E-state index contributed by atoms with van der Waals surface area (Å²) < 4.78 is 28.3. The fourth-order valence-electron chi connectivity index (χ4n) is 4.61. The summed E-state index contributed by atoms with van der Waals surface area (Å²) in [5, 5.41) is 8.81. The summed E-state index contributed by atoms with van der Waals surface area (Å²) in [7, 11) is 0. The Morgan fingerprint density at radius 2 is 1.40 bits per heavy atom. The number of halogens is 2. The smallest absolute Gasteiger partial charge is 0.275 e. The second-order valence-electron chi connectivity index (χ2n) is 8.50. The molecule has 6 nitrogen and oxygen atoms in total. The SMILES string of the molecule is CC1=NN(c2ccc(F)cc2)C(=O)[C@@H]1[C@H](c1ccccc1)c1c(C)[nH]n(-c2ccc(F)cc2)c1=O. The largest absolute Gasteiger partial charge is 0.295 e. The molecule has 0 bridgehead atoms. The van der Waals surface area contributed by atoms with Crippen LogP contribution in [0.5, 0.6) is 0 Å². The monoisotopic (exact) mass is 472 g/mol. The zero-order valence-corrected chi connectivity index (χ0v) is 19.1. The molecule has 0 radical (unpaired) electrons. The molecule has 176 valence electrons. The first-order valence-corrected chi connectivity index (χ1v) is 11.1. The summed E-state index contributed by atoms with van der Waals surface area (Å²) in [5.41, 5.74) is 2.94. The number of hydrogen-bond donors (Lipinski definition) is 1. The number of hydrazone groups is 1. The number of carbonyl (C=O) groups excluding carboxylic acids is 1. The van der Waals surface area contributed by atoms with Crippen LogP contribution in [-0.2, 0) is 4.79 Å². The van der Waals surface area contributed by atoms with Gasteiger partial charge in [0, 0.05) is 22.9 Å². The molecule has 1 N–H and O–H groups in total. The predicted octanol–water partition coefficient (Wildman–Crippen LogP) is 4.92. The number of carbonyl (C=O) groups is 1. The lowest BCUT2D eigenvalue weighted by atomic mass is 9.78.